The molecule has 18 heavy (non-hydrogen) atoms. The maximum Gasteiger partial charge on any atom is 0.256 e. The van der Waals surface area contributed by atoms with E-state index in [1.807, 2.05) is 19.1 Å². The maximum absolute atomic E-state index is 12.1. The molecular weight excluding hydrogens is 314 g/mol. The van der Waals surface area contributed by atoms with Gasteiger partial charge in [0.1, 0.15) is 0 Å². The largest absolute Gasteiger partial charge is 0.322 e. The number of carbonyl (C=O) groups is 1. The Labute approximate surface area is 119 Å². The highest BCUT2D eigenvalue weighted by atomic mass is 79.9. The molecule has 0 radical (unpaired) electrons. The van der Waals surface area contributed by atoms with Crippen LogP contribution in [0.25, 0.3) is 0 Å². The summed E-state index contributed by atoms with van der Waals surface area (Å²) < 4.78 is 0.816. The number of hydrogen-bond donors (Lipinski definition) is 1. The first-order chi connectivity index (χ1) is 8.58. The van der Waals surface area contributed by atoms with Crippen LogP contribution in [0.4, 0.5) is 5.69 Å². The van der Waals surface area contributed by atoms with Crippen molar-refractivity contribution in [3.05, 3.63) is 63.1 Å². The van der Waals surface area contributed by atoms with Crippen LogP contribution < -0.4 is 5.32 Å². The maximum atomic E-state index is 12.1. The van der Waals surface area contributed by atoms with Crippen LogP contribution in [0.3, 0.4) is 0 Å². The number of anilines is 1. The zero-order valence-corrected chi connectivity index (χ0v) is 12.0. The lowest BCUT2D eigenvalue weighted by atomic mass is 10.1. The topological polar surface area (TPSA) is 29.1 Å². The van der Waals surface area contributed by atoms with E-state index < -0.39 is 0 Å². The molecule has 0 bridgehead atoms. The van der Waals surface area contributed by atoms with Gasteiger partial charge in [-0.25, -0.2) is 0 Å². The summed E-state index contributed by atoms with van der Waals surface area (Å²) in [6.07, 6.45) is 0. The average Bonchev–Trinajstić information content (AvgIpc) is 2.35. The Balaban J connectivity index is 2.22. The number of carbonyl (C=O) groups excluding carboxylic acids is 1. The fraction of sp³-hybridized carbons (Fsp3) is 0.0714. The molecule has 0 heterocycles. The highest BCUT2D eigenvalue weighted by molar-refractivity contribution is 9.10. The predicted octanol–water partition coefficient (Wildman–Crippen LogP) is 4.66. The number of nitrogens with one attached hydrogen (secondary N) is 1. The lowest BCUT2D eigenvalue weighted by molar-refractivity contribution is 0.102. The molecule has 2 aromatic rings. The summed E-state index contributed by atoms with van der Waals surface area (Å²) in [6.45, 7) is 1.95. The van der Waals surface area contributed by atoms with Crippen molar-refractivity contribution in [1.29, 1.82) is 0 Å². The molecule has 0 fully saturated rings. The van der Waals surface area contributed by atoms with Gasteiger partial charge >= 0.3 is 0 Å². The summed E-state index contributed by atoms with van der Waals surface area (Å²) in [5, 5.41) is 3.47. The Morgan fingerprint density at radius 1 is 1.17 bits per heavy atom. The standard InChI is InChI=1S/C14H11BrClNO/c1-9-3-2-4-12(13(9)15)14(18)17-11-7-5-10(16)6-8-11/h2-8H,1H3,(H,17,18). The van der Waals surface area contributed by atoms with E-state index in [1.165, 1.54) is 0 Å². The Bertz CT molecular complexity index is 581. The molecule has 0 saturated heterocycles. The van der Waals surface area contributed by atoms with Crippen LogP contribution in [-0.2, 0) is 0 Å². The summed E-state index contributed by atoms with van der Waals surface area (Å²) >= 11 is 9.21. The number of hydrogen-bond acceptors (Lipinski definition) is 1. The van der Waals surface area contributed by atoms with Crippen molar-refractivity contribution in [3.8, 4) is 0 Å². The molecule has 0 aliphatic carbocycles. The monoisotopic (exact) mass is 323 g/mol. The third-order valence-corrected chi connectivity index (χ3v) is 3.84. The fourth-order valence-electron chi connectivity index (χ4n) is 1.55. The molecule has 0 aliphatic rings. The average molecular weight is 325 g/mol. The lowest BCUT2D eigenvalue weighted by Gasteiger charge is -2.08. The van der Waals surface area contributed by atoms with Crippen molar-refractivity contribution in [1.82, 2.24) is 0 Å². The van der Waals surface area contributed by atoms with Crippen molar-refractivity contribution >= 4 is 39.1 Å². The molecule has 2 nitrogen and oxygen atoms in total. The molecule has 0 aromatic heterocycles. The van der Waals surface area contributed by atoms with Gasteiger partial charge in [-0.15, -0.1) is 0 Å². The second-order valence-electron chi connectivity index (χ2n) is 3.90. The summed E-state index contributed by atoms with van der Waals surface area (Å²) in [7, 11) is 0. The molecule has 4 heteroatoms. The van der Waals surface area contributed by atoms with Gasteiger partial charge in [0.25, 0.3) is 5.91 Å². The first-order valence-corrected chi connectivity index (χ1v) is 6.57. The van der Waals surface area contributed by atoms with Crippen LogP contribution in [0.1, 0.15) is 15.9 Å². The highest BCUT2D eigenvalue weighted by Gasteiger charge is 2.11. The smallest absolute Gasteiger partial charge is 0.256 e. The molecule has 0 atom stereocenters. The molecule has 0 spiro atoms. The summed E-state index contributed by atoms with van der Waals surface area (Å²) in [5.41, 5.74) is 2.36. The predicted molar refractivity (Wildman–Crippen MR) is 78.3 cm³/mol. The van der Waals surface area contributed by atoms with Crippen LogP contribution in [0.5, 0.6) is 0 Å². The number of benzene rings is 2. The summed E-state index contributed by atoms with van der Waals surface area (Å²) in [4.78, 5) is 12.1. The zero-order chi connectivity index (χ0) is 13.1. The number of aryl methyl sites for hydroxylation is 1. The lowest BCUT2D eigenvalue weighted by Crippen LogP contribution is -2.12. The van der Waals surface area contributed by atoms with E-state index in [0.29, 0.717) is 10.6 Å². The first kappa shape index (κ1) is 13.1. The van der Waals surface area contributed by atoms with E-state index in [1.54, 1.807) is 30.3 Å². The quantitative estimate of drug-likeness (QED) is 0.855. The van der Waals surface area contributed by atoms with Gasteiger partial charge in [0, 0.05) is 15.2 Å². The van der Waals surface area contributed by atoms with Crippen LogP contribution in [0.2, 0.25) is 5.02 Å². The minimum atomic E-state index is -0.145. The van der Waals surface area contributed by atoms with Crippen LogP contribution in [0.15, 0.2) is 46.9 Å². The third-order valence-electron chi connectivity index (χ3n) is 2.54. The minimum Gasteiger partial charge on any atom is -0.322 e. The normalized spacial score (nSPS) is 10.2. The fourth-order valence-corrected chi connectivity index (χ4v) is 2.12. The second kappa shape index (κ2) is 5.55. The van der Waals surface area contributed by atoms with E-state index >= 15 is 0 Å². The van der Waals surface area contributed by atoms with Gasteiger partial charge in [0.05, 0.1) is 5.56 Å². The van der Waals surface area contributed by atoms with Gasteiger partial charge in [-0.05, 0) is 58.7 Å². The molecule has 1 N–H and O–H groups in total. The van der Waals surface area contributed by atoms with Gasteiger partial charge in [-0.2, -0.15) is 0 Å². The molecule has 0 unspecified atom stereocenters. The van der Waals surface area contributed by atoms with Crippen molar-refractivity contribution in [2.24, 2.45) is 0 Å². The molecule has 2 rings (SSSR count). The Morgan fingerprint density at radius 2 is 1.83 bits per heavy atom. The molecule has 1 amide bonds. The summed E-state index contributed by atoms with van der Waals surface area (Å²) in [6, 6.07) is 12.6. The molecule has 2 aromatic carbocycles. The van der Waals surface area contributed by atoms with E-state index in [0.717, 1.165) is 15.7 Å². The van der Waals surface area contributed by atoms with E-state index in [9.17, 15) is 4.79 Å². The first-order valence-electron chi connectivity index (χ1n) is 5.40. The molecule has 0 aliphatic heterocycles. The van der Waals surface area contributed by atoms with Crippen LogP contribution in [-0.4, -0.2) is 5.91 Å². The zero-order valence-electron chi connectivity index (χ0n) is 9.71. The number of halogens is 2. The van der Waals surface area contributed by atoms with E-state index in [2.05, 4.69) is 21.2 Å². The van der Waals surface area contributed by atoms with Gasteiger partial charge in [-0.3, -0.25) is 4.79 Å². The Hall–Kier alpha value is -1.32. The molecule has 0 saturated carbocycles. The third kappa shape index (κ3) is 2.92. The highest BCUT2D eigenvalue weighted by Crippen LogP contribution is 2.22. The van der Waals surface area contributed by atoms with Crippen LogP contribution >= 0.6 is 27.5 Å². The molecular formula is C14H11BrClNO. The van der Waals surface area contributed by atoms with Gasteiger partial charge in [0.15, 0.2) is 0 Å². The van der Waals surface area contributed by atoms with Crippen molar-refractivity contribution in [2.45, 2.75) is 6.92 Å². The van der Waals surface area contributed by atoms with Crippen molar-refractivity contribution in [2.75, 3.05) is 5.32 Å². The van der Waals surface area contributed by atoms with Crippen molar-refractivity contribution < 1.29 is 4.79 Å². The molecule has 92 valence electrons. The second-order valence-corrected chi connectivity index (χ2v) is 5.13. The minimum absolute atomic E-state index is 0.145. The van der Waals surface area contributed by atoms with Gasteiger partial charge in [-0.1, -0.05) is 23.7 Å². The van der Waals surface area contributed by atoms with Crippen molar-refractivity contribution in [3.63, 3.8) is 0 Å². The number of amides is 1. The SMILES string of the molecule is Cc1cccc(C(=O)Nc2ccc(Cl)cc2)c1Br. The van der Waals surface area contributed by atoms with Crippen LogP contribution in [0, 0.1) is 6.92 Å². The van der Waals surface area contributed by atoms with Gasteiger partial charge in [0.2, 0.25) is 0 Å². The van der Waals surface area contributed by atoms with Gasteiger partial charge < -0.3 is 5.32 Å². The number of rotatable bonds is 2. The van der Waals surface area contributed by atoms with E-state index in [4.69, 9.17) is 11.6 Å². The Morgan fingerprint density at radius 3 is 2.50 bits per heavy atom. The summed E-state index contributed by atoms with van der Waals surface area (Å²) in [5.74, 6) is -0.145. The van der Waals surface area contributed by atoms with E-state index in [-0.39, 0.29) is 5.91 Å². The Kier molecular flexibility index (Phi) is 4.04.